The highest BCUT2D eigenvalue weighted by atomic mass is 16.2. The number of hydrogen-bond donors (Lipinski definition) is 3. The van der Waals surface area contributed by atoms with E-state index < -0.39 is 17.7 Å². The van der Waals surface area contributed by atoms with Crippen LogP contribution in [0.2, 0.25) is 0 Å². The van der Waals surface area contributed by atoms with Crippen LogP contribution in [0.25, 0.3) is 17.0 Å². The minimum absolute atomic E-state index is 0.00507. The number of hydrogen-bond acceptors (Lipinski definition) is 4. The highest BCUT2D eigenvalue weighted by Crippen LogP contribution is 2.11. The number of fused-ring (bicyclic) bond motifs is 1. The van der Waals surface area contributed by atoms with Crippen LogP contribution in [0, 0.1) is 0 Å². The van der Waals surface area contributed by atoms with Crippen molar-refractivity contribution in [2.45, 2.75) is 6.92 Å². The van der Waals surface area contributed by atoms with Gasteiger partial charge in [-0.15, -0.1) is 0 Å². The third-order valence-electron chi connectivity index (χ3n) is 3.79. The maximum atomic E-state index is 12.4. The van der Waals surface area contributed by atoms with Gasteiger partial charge in [0, 0.05) is 12.3 Å². The molecule has 0 aliphatic carbocycles. The van der Waals surface area contributed by atoms with Crippen LogP contribution in [-0.2, 0) is 9.59 Å². The predicted octanol–water partition coefficient (Wildman–Crippen LogP) is 2.17. The molecule has 1 heterocycles. The van der Waals surface area contributed by atoms with E-state index in [9.17, 15) is 14.4 Å². The highest BCUT2D eigenvalue weighted by Gasteiger charge is 2.14. The number of hydrazine groups is 1. The second kappa shape index (κ2) is 8.59. The fraction of sp³-hybridized carbons (Fsp3) is 0.0476. The van der Waals surface area contributed by atoms with Crippen molar-refractivity contribution in [1.82, 2.24) is 21.2 Å². The Hall–Kier alpha value is -4.00. The molecule has 3 amide bonds. The van der Waals surface area contributed by atoms with Crippen LogP contribution in [0.4, 0.5) is 0 Å². The average Bonchev–Trinajstić information content (AvgIpc) is 2.71. The summed E-state index contributed by atoms with van der Waals surface area (Å²) in [5.41, 5.74) is 6.16. The fourth-order valence-electron chi connectivity index (χ4n) is 2.50. The highest BCUT2D eigenvalue weighted by molar-refractivity contribution is 6.03. The molecule has 0 fully saturated rings. The number of para-hydroxylation sites is 1. The Kier molecular flexibility index (Phi) is 5.76. The molecule has 0 bridgehead atoms. The van der Waals surface area contributed by atoms with Crippen molar-refractivity contribution < 1.29 is 14.4 Å². The number of nitrogens with one attached hydrogen (secondary N) is 3. The first kappa shape index (κ1) is 18.8. The topological polar surface area (TPSA) is 100 Å². The first-order chi connectivity index (χ1) is 13.5. The summed E-state index contributed by atoms with van der Waals surface area (Å²) in [5, 5.41) is 3.36. The minimum atomic E-state index is -0.659. The minimum Gasteiger partial charge on any atom is -0.322 e. The lowest BCUT2D eigenvalue weighted by Crippen LogP contribution is -2.45. The lowest BCUT2D eigenvalue weighted by molar-refractivity contribution is -0.122. The molecule has 0 spiro atoms. The number of carbonyl (C=O) groups excluding carboxylic acids is 3. The van der Waals surface area contributed by atoms with Gasteiger partial charge in [0.25, 0.3) is 11.8 Å². The molecule has 0 radical (unpaired) electrons. The molecule has 1 aromatic heterocycles. The third kappa shape index (κ3) is 4.79. The van der Waals surface area contributed by atoms with Gasteiger partial charge in [-0.2, -0.15) is 0 Å². The molecule has 3 aromatic rings. The Morgan fingerprint density at radius 2 is 1.57 bits per heavy atom. The number of pyridine rings is 1. The Balaban J connectivity index is 1.71. The molecule has 2 aromatic carbocycles. The predicted molar refractivity (Wildman–Crippen MR) is 106 cm³/mol. The zero-order valence-corrected chi connectivity index (χ0v) is 15.1. The fourth-order valence-corrected chi connectivity index (χ4v) is 2.50. The van der Waals surface area contributed by atoms with E-state index in [4.69, 9.17) is 0 Å². The summed E-state index contributed by atoms with van der Waals surface area (Å²) >= 11 is 0. The van der Waals surface area contributed by atoms with E-state index in [0.717, 1.165) is 10.9 Å². The van der Waals surface area contributed by atoms with Crippen LogP contribution in [-0.4, -0.2) is 22.7 Å². The van der Waals surface area contributed by atoms with Gasteiger partial charge in [-0.05, 0) is 23.8 Å². The van der Waals surface area contributed by atoms with Crippen LogP contribution in [0.15, 0.2) is 72.4 Å². The Labute approximate surface area is 161 Å². The number of benzene rings is 2. The summed E-state index contributed by atoms with van der Waals surface area (Å²) in [5.74, 6) is -1.63. The van der Waals surface area contributed by atoms with Gasteiger partial charge >= 0.3 is 0 Å². The smallest absolute Gasteiger partial charge is 0.288 e. The summed E-state index contributed by atoms with van der Waals surface area (Å²) in [6.45, 7) is 1.30. The van der Waals surface area contributed by atoms with Crippen LogP contribution in [0.3, 0.4) is 0 Å². The second-order valence-corrected chi connectivity index (χ2v) is 5.95. The summed E-state index contributed by atoms with van der Waals surface area (Å²) < 4.78 is 0. The lowest BCUT2D eigenvalue weighted by atomic mass is 10.2. The van der Waals surface area contributed by atoms with Crippen molar-refractivity contribution >= 4 is 34.7 Å². The number of nitrogens with zero attached hydrogens (tertiary/aromatic N) is 1. The molecule has 0 unspecified atom stereocenters. The standard InChI is InChI=1S/C21H18N4O3/c1-14(26)22-19(13-15-7-3-2-4-8-15)21(28)25-24-20(27)18-12-11-16-9-5-6-10-17(16)23-18/h2-13H,1H3,(H,22,26)(H,24,27)(H,25,28)/b19-13+. The van der Waals surface area contributed by atoms with Gasteiger partial charge in [-0.1, -0.05) is 54.6 Å². The summed E-state index contributed by atoms with van der Waals surface area (Å²) in [4.78, 5) is 40.4. The van der Waals surface area contributed by atoms with Crippen molar-refractivity contribution in [2.24, 2.45) is 0 Å². The van der Waals surface area contributed by atoms with E-state index >= 15 is 0 Å². The SMILES string of the molecule is CC(=O)N/C(=C/c1ccccc1)C(=O)NNC(=O)c1ccc2ccccc2n1. The molecule has 7 nitrogen and oxygen atoms in total. The van der Waals surface area contributed by atoms with Crippen molar-refractivity contribution in [2.75, 3.05) is 0 Å². The molecule has 3 N–H and O–H groups in total. The lowest BCUT2D eigenvalue weighted by Gasteiger charge is -2.11. The molecular weight excluding hydrogens is 356 g/mol. The maximum Gasteiger partial charge on any atom is 0.288 e. The Bertz CT molecular complexity index is 1060. The van der Waals surface area contributed by atoms with Crippen molar-refractivity contribution in [1.29, 1.82) is 0 Å². The van der Waals surface area contributed by atoms with Crippen molar-refractivity contribution in [3.63, 3.8) is 0 Å². The van der Waals surface area contributed by atoms with Crippen LogP contribution in [0.5, 0.6) is 0 Å². The second-order valence-electron chi connectivity index (χ2n) is 5.95. The van der Waals surface area contributed by atoms with E-state index in [1.54, 1.807) is 30.3 Å². The van der Waals surface area contributed by atoms with E-state index in [-0.39, 0.29) is 11.4 Å². The van der Waals surface area contributed by atoms with Gasteiger partial charge in [0.1, 0.15) is 11.4 Å². The zero-order valence-electron chi connectivity index (χ0n) is 15.1. The largest absolute Gasteiger partial charge is 0.322 e. The van der Waals surface area contributed by atoms with E-state index in [2.05, 4.69) is 21.2 Å². The van der Waals surface area contributed by atoms with E-state index in [1.165, 1.54) is 13.0 Å². The van der Waals surface area contributed by atoms with E-state index in [1.807, 2.05) is 36.4 Å². The zero-order chi connectivity index (χ0) is 19.9. The number of carbonyl (C=O) groups is 3. The van der Waals surface area contributed by atoms with Crippen LogP contribution < -0.4 is 16.2 Å². The first-order valence-electron chi connectivity index (χ1n) is 8.54. The van der Waals surface area contributed by atoms with Gasteiger partial charge in [0.2, 0.25) is 5.91 Å². The Morgan fingerprint density at radius 1 is 0.857 bits per heavy atom. The normalized spacial score (nSPS) is 11.0. The van der Waals surface area contributed by atoms with E-state index in [0.29, 0.717) is 5.52 Å². The first-order valence-corrected chi connectivity index (χ1v) is 8.54. The molecule has 7 heteroatoms. The molecule has 0 saturated carbocycles. The third-order valence-corrected chi connectivity index (χ3v) is 3.79. The molecule has 3 rings (SSSR count). The molecule has 0 atom stereocenters. The molecule has 28 heavy (non-hydrogen) atoms. The van der Waals surface area contributed by atoms with Gasteiger partial charge in [-0.3, -0.25) is 25.2 Å². The van der Waals surface area contributed by atoms with Gasteiger partial charge < -0.3 is 5.32 Å². The van der Waals surface area contributed by atoms with Crippen molar-refractivity contribution in [3.8, 4) is 0 Å². The van der Waals surface area contributed by atoms with Crippen LogP contribution in [0.1, 0.15) is 23.0 Å². The van der Waals surface area contributed by atoms with Crippen molar-refractivity contribution in [3.05, 3.63) is 83.7 Å². The molecule has 0 saturated heterocycles. The Morgan fingerprint density at radius 3 is 2.32 bits per heavy atom. The molecule has 0 aliphatic rings. The number of aromatic nitrogens is 1. The molecule has 0 aliphatic heterocycles. The summed E-state index contributed by atoms with van der Waals surface area (Å²) in [6, 6.07) is 19.8. The van der Waals surface area contributed by atoms with Gasteiger partial charge in [-0.25, -0.2) is 4.98 Å². The maximum absolute atomic E-state index is 12.4. The monoisotopic (exact) mass is 374 g/mol. The summed E-state index contributed by atoms with van der Waals surface area (Å²) in [7, 11) is 0. The van der Waals surface area contributed by atoms with Gasteiger partial charge in [0.05, 0.1) is 5.52 Å². The quantitative estimate of drug-likeness (QED) is 0.481. The van der Waals surface area contributed by atoms with Crippen LogP contribution >= 0.6 is 0 Å². The average molecular weight is 374 g/mol. The molecule has 140 valence electrons. The number of amides is 3. The van der Waals surface area contributed by atoms with Gasteiger partial charge in [0.15, 0.2) is 0 Å². The number of rotatable bonds is 4. The summed E-state index contributed by atoms with van der Waals surface area (Å²) in [6.07, 6.45) is 1.51. The molecular formula is C21H18N4O3.